The maximum absolute atomic E-state index is 13.8. The molecule has 0 aliphatic heterocycles. The summed E-state index contributed by atoms with van der Waals surface area (Å²) in [6.45, 7) is 0.169. The predicted octanol–water partition coefficient (Wildman–Crippen LogP) is 2.23. The molecule has 2 aromatic rings. The summed E-state index contributed by atoms with van der Waals surface area (Å²) >= 11 is 0. The zero-order valence-corrected chi connectivity index (χ0v) is 8.22. The highest BCUT2D eigenvalue weighted by molar-refractivity contribution is 5.80. The minimum absolute atomic E-state index is 0.0537. The summed E-state index contributed by atoms with van der Waals surface area (Å²) in [5, 5.41) is 3.08. The van der Waals surface area contributed by atoms with Gasteiger partial charge in [0.25, 0.3) is 0 Å². The lowest BCUT2D eigenvalue weighted by Gasteiger charge is -2.06. The summed E-state index contributed by atoms with van der Waals surface area (Å²) in [5.74, 6) is -1.10. The smallest absolute Gasteiger partial charge is 0.140 e. The molecular formula is C11H10F2N2. The van der Waals surface area contributed by atoms with Gasteiger partial charge in [-0.3, -0.25) is 4.98 Å². The summed E-state index contributed by atoms with van der Waals surface area (Å²) in [6.07, 6.45) is 1.51. The van der Waals surface area contributed by atoms with E-state index >= 15 is 0 Å². The number of hydrogen-bond donors (Lipinski definition) is 1. The van der Waals surface area contributed by atoms with Crippen LogP contribution < -0.4 is 5.32 Å². The molecular weight excluding hydrogens is 198 g/mol. The molecule has 1 aromatic carbocycles. The van der Waals surface area contributed by atoms with Crippen LogP contribution in [-0.2, 0) is 6.54 Å². The van der Waals surface area contributed by atoms with Crippen LogP contribution in [0.2, 0.25) is 0 Å². The highest BCUT2D eigenvalue weighted by atomic mass is 19.1. The Morgan fingerprint density at radius 1 is 1.40 bits per heavy atom. The minimum Gasteiger partial charge on any atom is -0.315 e. The van der Waals surface area contributed by atoms with Crippen molar-refractivity contribution < 1.29 is 8.78 Å². The lowest BCUT2D eigenvalue weighted by Crippen LogP contribution is -2.09. The van der Waals surface area contributed by atoms with Gasteiger partial charge in [0.1, 0.15) is 11.6 Å². The molecule has 0 bridgehead atoms. The van der Waals surface area contributed by atoms with Crippen LogP contribution >= 0.6 is 0 Å². The third kappa shape index (κ3) is 1.68. The molecule has 1 N–H and O–H groups in total. The van der Waals surface area contributed by atoms with Crippen molar-refractivity contribution in [3.05, 3.63) is 41.6 Å². The Morgan fingerprint density at radius 2 is 2.20 bits per heavy atom. The maximum Gasteiger partial charge on any atom is 0.140 e. The largest absolute Gasteiger partial charge is 0.315 e. The van der Waals surface area contributed by atoms with Crippen LogP contribution in [-0.4, -0.2) is 12.0 Å². The molecule has 0 aliphatic carbocycles. The molecule has 4 heteroatoms. The van der Waals surface area contributed by atoms with Gasteiger partial charge in [-0.15, -0.1) is 0 Å². The molecule has 1 heterocycles. The highest BCUT2D eigenvalue weighted by Gasteiger charge is 2.12. The number of benzene rings is 1. The molecule has 0 unspecified atom stereocenters. The van der Waals surface area contributed by atoms with Crippen LogP contribution in [0, 0.1) is 11.6 Å². The number of hydrogen-bond acceptors (Lipinski definition) is 2. The third-order valence-electron chi connectivity index (χ3n) is 2.25. The number of nitrogens with zero attached hydrogens (tertiary/aromatic N) is 1. The normalized spacial score (nSPS) is 10.9. The number of fused-ring (bicyclic) bond motifs is 1. The molecule has 0 amide bonds. The number of halogens is 2. The molecule has 1 aromatic heterocycles. The second-order valence-electron chi connectivity index (χ2n) is 3.25. The first-order valence-corrected chi connectivity index (χ1v) is 4.60. The van der Waals surface area contributed by atoms with E-state index in [1.807, 2.05) is 0 Å². The Kier molecular flexibility index (Phi) is 2.60. The number of nitrogens with one attached hydrogen (secondary N) is 1. The fourth-order valence-electron chi connectivity index (χ4n) is 1.53. The van der Waals surface area contributed by atoms with E-state index in [1.165, 1.54) is 12.3 Å². The van der Waals surface area contributed by atoms with Crippen LogP contribution in [0.1, 0.15) is 5.56 Å². The average Bonchev–Trinajstić information content (AvgIpc) is 2.24. The Bertz CT molecular complexity index is 497. The number of aromatic nitrogens is 1. The molecule has 0 atom stereocenters. The van der Waals surface area contributed by atoms with Crippen molar-refractivity contribution in [3.63, 3.8) is 0 Å². The number of rotatable bonds is 2. The molecule has 15 heavy (non-hydrogen) atoms. The van der Waals surface area contributed by atoms with Crippen LogP contribution in [0.15, 0.2) is 24.4 Å². The zero-order valence-electron chi connectivity index (χ0n) is 8.22. The van der Waals surface area contributed by atoms with E-state index in [-0.39, 0.29) is 12.1 Å². The maximum atomic E-state index is 13.8. The minimum atomic E-state index is -0.562. The van der Waals surface area contributed by atoms with Crippen molar-refractivity contribution in [2.45, 2.75) is 6.54 Å². The second kappa shape index (κ2) is 3.90. The SMILES string of the molecule is CNCc1c(F)cc2ncccc2c1F. The van der Waals surface area contributed by atoms with Gasteiger partial charge in [-0.1, -0.05) is 0 Å². The second-order valence-corrected chi connectivity index (χ2v) is 3.25. The van der Waals surface area contributed by atoms with Gasteiger partial charge in [0.05, 0.1) is 5.52 Å². The summed E-state index contributed by atoms with van der Waals surface area (Å²) in [5.41, 5.74) is 0.394. The van der Waals surface area contributed by atoms with E-state index in [1.54, 1.807) is 19.2 Å². The summed E-state index contributed by atoms with van der Waals surface area (Å²) in [6, 6.07) is 4.48. The van der Waals surface area contributed by atoms with Gasteiger partial charge in [-0.05, 0) is 19.2 Å². The summed E-state index contributed by atoms with van der Waals surface area (Å²) in [7, 11) is 1.65. The predicted molar refractivity (Wildman–Crippen MR) is 54.4 cm³/mol. The molecule has 0 saturated carbocycles. The molecule has 0 aliphatic rings. The van der Waals surface area contributed by atoms with Gasteiger partial charge in [-0.2, -0.15) is 0 Å². The fraction of sp³-hybridized carbons (Fsp3) is 0.182. The standard InChI is InChI=1S/C11H10F2N2/c1-14-6-8-9(12)5-10-7(11(8)13)3-2-4-15-10/h2-5,14H,6H2,1H3. The van der Waals surface area contributed by atoms with Crippen molar-refractivity contribution in [1.29, 1.82) is 0 Å². The van der Waals surface area contributed by atoms with E-state index in [0.717, 1.165) is 0 Å². The Hall–Kier alpha value is -1.55. The van der Waals surface area contributed by atoms with Gasteiger partial charge in [0.2, 0.25) is 0 Å². The van der Waals surface area contributed by atoms with Crippen molar-refractivity contribution >= 4 is 10.9 Å². The fourth-order valence-corrected chi connectivity index (χ4v) is 1.53. The molecule has 78 valence electrons. The zero-order chi connectivity index (χ0) is 10.8. The van der Waals surface area contributed by atoms with E-state index in [0.29, 0.717) is 10.9 Å². The third-order valence-corrected chi connectivity index (χ3v) is 2.25. The molecule has 0 spiro atoms. The Labute approximate surface area is 85.9 Å². The molecule has 0 saturated heterocycles. The Balaban J connectivity index is 2.72. The van der Waals surface area contributed by atoms with Crippen molar-refractivity contribution in [1.82, 2.24) is 10.3 Å². The molecule has 2 nitrogen and oxygen atoms in total. The number of pyridine rings is 1. The Morgan fingerprint density at radius 3 is 2.93 bits per heavy atom. The van der Waals surface area contributed by atoms with E-state index in [9.17, 15) is 8.78 Å². The van der Waals surface area contributed by atoms with Gasteiger partial charge in [-0.25, -0.2) is 8.78 Å². The van der Waals surface area contributed by atoms with Crippen LogP contribution in [0.4, 0.5) is 8.78 Å². The lowest BCUT2D eigenvalue weighted by molar-refractivity contribution is 0.554. The van der Waals surface area contributed by atoms with Crippen molar-refractivity contribution in [2.24, 2.45) is 0 Å². The average molecular weight is 208 g/mol. The summed E-state index contributed by atoms with van der Waals surface area (Å²) < 4.78 is 27.2. The van der Waals surface area contributed by atoms with Crippen LogP contribution in [0.3, 0.4) is 0 Å². The van der Waals surface area contributed by atoms with Gasteiger partial charge in [0.15, 0.2) is 0 Å². The van der Waals surface area contributed by atoms with Gasteiger partial charge >= 0.3 is 0 Å². The topological polar surface area (TPSA) is 24.9 Å². The quantitative estimate of drug-likeness (QED) is 0.818. The monoisotopic (exact) mass is 208 g/mol. The van der Waals surface area contributed by atoms with E-state index in [2.05, 4.69) is 10.3 Å². The highest BCUT2D eigenvalue weighted by Crippen LogP contribution is 2.22. The summed E-state index contributed by atoms with van der Waals surface area (Å²) in [4.78, 5) is 3.90. The van der Waals surface area contributed by atoms with Crippen molar-refractivity contribution in [3.8, 4) is 0 Å². The van der Waals surface area contributed by atoms with E-state index in [4.69, 9.17) is 0 Å². The molecule has 2 rings (SSSR count). The first-order valence-electron chi connectivity index (χ1n) is 4.60. The van der Waals surface area contributed by atoms with Crippen LogP contribution in [0.5, 0.6) is 0 Å². The first kappa shape index (κ1) is 9.98. The first-order chi connectivity index (χ1) is 7.24. The lowest BCUT2D eigenvalue weighted by atomic mass is 10.1. The molecule has 0 fully saturated rings. The van der Waals surface area contributed by atoms with Crippen LogP contribution in [0.25, 0.3) is 10.9 Å². The van der Waals surface area contributed by atoms with Gasteiger partial charge < -0.3 is 5.32 Å². The van der Waals surface area contributed by atoms with Gasteiger partial charge in [0, 0.05) is 29.8 Å². The molecule has 0 radical (unpaired) electrons. The van der Waals surface area contributed by atoms with E-state index < -0.39 is 11.6 Å². The van der Waals surface area contributed by atoms with Crippen molar-refractivity contribution in [2.75, 3.05) is 7.05 Å².